The molecule has 2 heteroatoms. The number of benzene rings is 1. The number of nitrogen functional groups attached to an aromatic ring is 1. The van der Waals surface area contributed by atoms with E-state index in [1.807, 2.05) is 71.0 Å². The van der Waals surface area contributed by atoms with Crippen molar-refractivity contribution in [1.29, 1.82) is 0 Å². The van der Waals surface area contributed by atoms with Crippen LogP contribution in [0.3, 0.4) is 0 Å². The van der Waals surface area contributed by atoms with Crippen LogP contribution in [0.15, 0.2) is 66.9 Å². The Morgan fingerprint density at radius 3 is 1.79 bits per heavy atom. The van der Waals surface area contributed by atoms with Gasteiger partial charge in [0.1, 0.15) is 0 Å². The molecule has 0 spiro atoms. The van der Waals surface area contributed by atoms with Gasteiger partial charge in [0.2, 0.25) is 0 Å². The van der Waals surface area contributed by atoms with Gasteiger partial charge < -0.3 is 11.5 Å². The molecule has 0 atom stereocenters. The van der Waals surface area contributed by atoms with Crippen LogP contribution in [0.5, 0.6) is 0 Å². The molecule has 1 aromatic carbocycles. The normalized spacial score (nSPS) is 9.00. The zero-order valence-electron chi connectivity index (χ0n) is 13.1. The molecule has 19 heavy (non-hydrogen) atoms. The molecule has 0 amide bonds. The second-order valence-electron chi connectivity index (χ2n) is 2.79. The lowest BCUT2D eigenvalue weighted by atomic mass is 10.3. The van der Waals surface area contributed by atoms with Crippen LogP contribution in [-0.2, 0) is 0 Å². The Morgan fingerprint density at radius 1 is 1.05 bits per heavy atom. The van der Waals surface area contributed by atoms with Gasteiger partial charge in [-0.15, -0.1) is 0 Å². The Kier molecular flexibility index (Phi) is 25.0. The zero-order valence-corrected chi connectivity index (χ0v) is 13.1. The van der Waals surface area contributed by atoms with Gasteiger partial charge in [0.05, 0.1) is 0 Å². The zero-order chi connectivity index (χ0) is 15.5. The van der Waals surface area contributed by atoms with Gasteiger partial charge in [-0.1, -0.05) is 70.7 Å². The molecule has 0 aliphatic heterocycles. The van der Waals surface area contributed by atoms with Crippen molar-refractivity contribution < 1.29 is 0 Å². The summed E-state index contributed by atoms with van der Waals surface area (Å²) in [6, 6.07) is 9.49. The third-order valence-corrected chi connectivity index (χ3v) is 1.56. The lowest BCUT2D eigenvalue weighted by Crippen LogP contribution is -1.89. The largest absolute Gasteiger partial charge is 0.399 e. The lowest BCUT2D eigenvalue weighted by Gasteiger charge is -1.83. The summed E-state index contributed by atoms with van der Waals surface area (Å²) >= 11 is 0. The number of hydrogen-bond acceptors (Lipinski definition) is 2. The summed E-state index contributed by atoms with van der Waals surface area (Å²) in [5, 5.41) is 0. The van der Waals surface area contributed by atoms with Crippen molar-refractivity contribution in [2.24, 2.45) is 5.73 Å². The van der Waals surface area contributed by atoms with Crippen LogP contribution in [0.2, 0.25) is 0 Å². The molecule has 0 heterocycles. The Bertz CT molecular complexity index is 324. The van der Waals surface area contributed by atoms with Gasteiger partial charge in [-0.25, -0.2) is 0 Å². The van der Waals surface area contributed by atoms with E-state index in [1.165, 1.54) is 0 Å². The molecule has 1 rings (SSSR count). The first-order chi connectivity index (χ1) is 9.20. The van der Waals surface area contributed by atoms with Crippen LogP contribution in [0, 0.1) is 0 Å². The number of para-hydroxylation sites is 1. The van der Waals surface area contributed by atoms with E-state index in [9.17, 15) is 0 Å². The Hall–Kier alpha value is -1.96. The molecule has 0 aromatic heterocycles. The maximum absolute atomic E-state index is 5.39. The summed E-state index contributed by atoms with van der Waals surface area (Å²) < 4.78 is 0. The van der Waals surface area contributed by atoms with E-state index in [4.69, 9.17) is 11.5 Å². The van der Waals surface area contributed by atoms with Crippen molar-refractivity contribution in [3.05, 3.63) is 66.9 Å². The molecule has 2 nitrogen and oxygen atoms in total. The summed E-state index contributed by atoms with van der Waals surface area (Å²) in [4.78, 5) is 0. The Morgan fingerprint density at radius 2 is 1.53 bits per heavy atom. The van der Waals surface area contributed by atoms with E-state index in [0.717, 1.165) is 11.4 Å². The number of allylic oxidation sites excluding steroid dienone is 4. The third-order valence-electron chi connectivity index (χ3n) is 1.56. The van der Waals surface area contributed by atoms with Crippen molar-refractivity contribution in [1.82, 2.24) is 0 Å². The van der Waals surface area contributed by atoms with Crippen molar-refractivity contribution in [2.75, 3.05) is 5.73 Å². The van der Waals surface area contributed by atoms with Gasteiger partial charge in [0.25, 0.3) is 0 Å². The SMILES string of the molecule is C=C/C=C\C(N)=C/C.CC.CC.Nc1ccccc1. The van der Waals surface area contributed by atoms with Crippen LogP contribution in [0.4, 0.5) is 5.69 Å². The van der Waals surface area contributed by atoms with Crippen molar-refractivity contribution in [2.45, 2.75) is 34.6 Å². The van der Waals surface area contributed by atoms with Gasteiger partial charge in [-0.2, -0.15) is 0 Å². The second-order valence-corrected chi connectivity index (χ2v) is 2.79. The predicted molar refractivity (Wildman–Crippen MR) is 90.8 cm³/mol. The molecule has 0 saturated heterocycles. The molecule has 0 unspecified atom stereocenters. The summed E-state index contributed by atoms with van der Waals surface area (Å²) in [5.74, 6) is 0. The van der Waals surface area contributed by atoms with E-state index >= 15 is 0 Å². The van der Waals surface area contributed by atoms with E-state index in [1.54, 1.807) is 18.2 Å². The van der Waals surface area contributed by atoms with Crippen LogP contribution < -0.4 is 11.5 Å². The van der Waals surface area contributed by atoms with E-state index < -0.39 is 0 Å². The summed E-state index contributed by atoms with van der Waals surface area (Å²) in [6.07, 6.45) is 7.12. The number of nitrogens with two attached hydrogens (primary N) is 2. The maximum atomic E-state index is 5.39. The van der Waals surface area contributed by atoms with Gasteiger partial charge >= 0.3 is 0 Å². The first-order valence-electron chi connectivity index (χ1n) is 6.72. The molecule has 0 bridgehead atoms. The van der Waals surface area contributed by atoms with Crippen molar-refractivity contribution in [3.63, 3.8) is 0 Å². The Balaban J connectivity index is -0.000000214. The fourth-order valence-electron chi connectivity index (χ4n) is 0.728. The van der Waals surface area contributed by atoms with Gasteiger partial charge in [0, 0.05) is 11.4 Å². The quantitative estimate of drug-likeness (QED) is 0.587. The molecule has 1 aromatic rings. The predicted octanol–water partition coefficient (Wildman–Crippen LogP) is 4.91. The number of anilines is 1. The van der Waals surface area contributed by atoms with E-state index in [0.29, 0.717) is 0 Å². The third kappa shape index (κ3) is 21.8. The lowest BCUT2D eigenvalue weighted by molar-refractivity contribution is 1.40. The van der Waals surface area contributed by atoms with Gasteiger partial charge in [-0.05, 0) is 25.1 Å². The monoisotopic (exact) mass is 262 g/mol. The van der Waals surface area contributed by atoms with Crippen LogP contribution in [-0.4, -0.2) is 0 Å². The first-order valence-corrected chi connectivity index (χ1v) is 6.72. The van der Waals surface area contributed by atoms with Crippen molar-refractivity contribution >= 4 is 5.69 Å². The Labute approximate surface area is 119 Å². The highest BCUT2D eigenvalue weighted by atomic mass is 14.5. The summed E-state index contributed by atoms with van der Waals surface area (Å²) in [6.45, 7) is 13.4. The van der Waals surface area contributed by atoms with Crippen molar-refractivity contribution in [3.8, 4) is 0 Å². The number of hydrogen-bond donors (Lipinski definition) is 2. The number of rotatable bonds is 2. The molecular weight excluding hydrogens is 232 g/mol. The maximum Gasteiger partial charge on any atom is 0.0313 e. The topological polar surface area (TPSA) is 52.0 Å². The fourth-order valence-corrected chi connectivity index (χ4v) is 0.728. The van der Waals surface area contributed by atoms with E-state index in [-0.39, 0.29) is 0 Å². The average Bonchev–Trinajstić information content (AvgIpc) is 2.50. The van der Waals surface area contributed by atoms with Gasteiger partial charge in [-0.3, -0.25) is 0 Å². The molecule has 0 radical (unpaired) electrons. The van der Waals surface area contributed by atoms with E-state index in [2.05, 4.69) is 6.58 Å². The smallest absolute Gasteiger partial charge is 0.0313 e. The standard InChI is InChI=1S/C7H11N.C6H7N.2C2H6/c1-3-5-6-7(8)4-2;7-6-4-2-1-3-5-6;2*1-2/h3-6H,1,8H2,2H3;1-5H,7H2;2*1-2H3/b6-5-,7-4+;;;. The van der Waals surface area contributed by atoms with Gasteiger partial charge in [0.15, 0.2) is 0 Å². The molecule has 0 fully saturated rings. The second kappa shape index (κ2) is 21.3. The summed E-state index contributed by atoms with van der Waals surface area (Å²) in [5.41, 5.74) is 12.3. The molecule has 0 saturated carbocycles. The molecular formula is C17H30N2. The minimum Gasteiger partial charge on any atom is -0.399 e. The van der Waals surface area contributed by atoms with Crippen LogP contribution in [0.1, 0.15) is 34.6 Å². The molecule has 108 valence electrons. The fraction of sp³-hybridized carbons (Fsp3) is 0.294. The highest BCUT2D eigenvalue weighted by molar-refractivity contribution is 5.35. The highest BCUT2D eigenvalue weighted by Gasteiger charge is 1.72. The highest BCUT2D eigenvalue weighted by Crippen LogP contribution is 1.95. The van der Waals surface area contributed by atoms with Crippen LogP contribution >= 0.6 is 0 Å². The molecule has 0 aliphatic rings. The molecule has 4 N–H and O–H groups in total. The first kappa shape index (κ1) is 22.2. The van der Waals surface area contributed by atoms with Crippen LogP contribution in [0.25, 0.3) is 0 Å². The molecule has 0 aliphatic carbocycles. The minimum absolute atomic E-state index is 0.768. The summed E-state index contributed by atoms with van der Waals surface area (Å²) in [7, 11) is 0. The minimum atomic E-state index is 0.768. The average molecular weight is 262 g/mol.